The second-order valence-electron chi connectivity index (χ2n) is 6.32. The average Bonchev–Trinajstić information content (AvgIpc) is 2.47. The number of nitro groups is 1. The first-order valence-corrected chi connectivity index (χ1v) is 7.85. The van der Waals surface area contributed by atoms with Crippen molar-refractivity contribution in [2.75, 3.05) is 18.4 Å². The van der Waals surface area contributed by atoms with Crippen LogP contribution in [0.4, 0.5) is 15.8 Å². The van der Waals surface area contributed by atoms with E-state index in [1.165, 1.54) is 6.07 Å². The summed E-state index contributed by atoms with van der Waals surface area (Å²) in [6.45, 7) is 5.25. The van der Waals surface area contributed by atoms with Crippen LogP contribution in [0.1, 0.15) is 33.1 Å². The zero-order chi connectivity index (χ0) is 17.0. The Bertz CT molecular complexity index is 584. The Morgan fingerprint density at radius 1 is 1.43 bits per heavy atom. The van der Waals surface area contributed by atoms with Gasteiger partial charge in [0.25, 0.3) is 5.69 Å². The maximum absolute atomic E-state index is 13.3. The monoisotopic (exact) mass is 323 g/mol. The molecule has 2 rings (SSSR count). The van der Waals surface area contributed by atoms with Crippen LogP contribution in [0, 0.1) is 21.8 Å². The molecular formula is C16H22FN3O3. The summed E-state index contributed by atoms with van der Waals surface area (Å²) in [6.07, 6.45) is 1.92. The minimum atomic E-state index is -0.525. The number of hydrogen-bond donors (Lipinski definition) is 1. The number of amides is 1. The van der Waals surface area contributed by atoms with Gasteiger partial charge in [0.1, 0.15) is 11.5 Å². The van der Waals surface area contributed by atoms with E-state index in [1.807, 2.05) is 18.7 Å². The number of benzene rings is 1. The third-order valence-electron chi connectivity index (χ3n) is 3.95. The molecule has 0 saturated carbocycles. The number of nitrogens with zero attached hydrogens (tertiary/aromatic N) is 2. The van der Waals surface area contributed by atoms with Gasteiger partial charge in [-0.15, -0.1) is 0 Å². The van der Waals surface area contributed by atoms with E-state index < -0.39 is 10.7 Å². The number of carbonyl (C=O) groups is 1. The second-order valence-corrected chi connectivity index (χ2v) is 6.32. The maximum atomic E-state index is 13.3. The van der Waals surface area contributed by atoms with Crippen molar-refractivity contribution in [2.24, 2.45) is 5.92 Å². The highest BCUT2D eigenvalue weighted by molar-refractivity contribution is 5.76. The number of carbonyl (C=O) groups excluding carboxylic acids is 1. The topological polar surface area (TPSA) is 75.5 Å². The summed E-state index contributed by atoms with van der Waals surface area (Å²) in [7, 11) is 0. The highest BCUT2D eigenvalue weighted by Crippen LogP contribution is 2.27. The van der Waals surface area contributed by atoms with E-state index in [4.69, 9.17) is 0 Å². The molecule has 1 saturated heterocycles. The molecule has 6 nitrogen and oxygen atoms in total. The van der Waals surface area contributed by atoms with Crippen molar-refractivity contribution in [1.82, 2.24) is 4.90 Å². The highest BCUT2D eigenvalue weighted by atomic mass is 19.1. The first-order chi connectivity index (χ1) is 10.9. The molecule has 1 N–H and O–H groups in total. The fourth-order valence-corrected chi connectivity index (χ4v) is 2.75. The quantitative estimate of drug-likeness (QED) is 0.667. The standard InChI is InChI=1S/C16H22FN3O3/c1-11(2)9-16(21)19-7-5-13(6-8-19)18-14-10-12(17)3-4-15(14)20(22)23/h3-4,10-11,13,18H,5-9H2,1-2H3. The summed E-state index contributed by atoms with van der Waals surface area (Å²) in [5, 5.41) is 14.1. The van der Waals surface area contributed by atoms with Crippen LogP contribution in [0.25, 0.3) is 0 Å². The molecule has 1 aliphatic heterocycles. The Morgan fingerprint density at radius 2 is 2.09 bits per heavy atom. The molecule has 1 aromatic rings. The van der Waals surface area contributed by atoms with Gasteiger partial charge < -0.3 is 10.2 Å². The van der Waals surface area contributed by atoms with Gasteiger partial charge in [-0.05, 0) is 24.8 Å². The number of anilines is 1. The Kier molecular flexibility index (Phi) is 5.52. The molecule has 0 atom stereocenters. The molecule has 0 aliphatic carbocycles. The van der Waals surface area contributed by atoms with Crippen LogP contribution < -0.4 is 5.32 Å². The second kappa shape index (κ2) is 7.39. The number of likely N-dealkylation sites (tertiary alicyclic amines) is 1. The van der Waals surface area contributed by atoms with Crippen molar-refractivity contribution < 1.29 is 14.1 Å². The number of nitro benzene ring substituents is 1. The van der Waals surface area contributed by atoms with Crippen molar-refractivity contribution in [3.63, 3.8) is 0 Å². The van der Waals surface area contributed by atoms with Crippen LogP contribution in [-0.2, 0) is 4.79 Å². The van der Waals surface area contributed by atoms with Gasteiger partial charge in [-0.25, -0.2) is 4.39 Å². The number of rotatable bonds is 5. The summed E-state index contributed by atoms with van der Waals surface area (Å²) in [5.74, 6) is -0.0360. The van der Waals surface area contributed by atoms with E-state index in [9.17, 15) is 19.3 Å². The van der Waals surface area contributed by atoms with Gasteiger partial charge >= 0.3 is 0 Å². The Balaban J connectivity index is 1.96. The molecular weight excluding hydrogens is 301 g/mol. The molecule has 0 bridgehead atoms. The van der Waals surface area contributed by atoms with E-state index >= 15 is 0 Å². The lowest BCUT2D eigenvalue weighted by molar-refractivity contribution is -0.384. The summed E-state index contributed by atoms with van der Waals surface area (Å²) in [4.78, 5) is 24.3. The third kappa shape index (κ3) is 4.64. The fourth-order valence-electron chi connectivity index (χ4n) is 2.75. The molecule has 1 aliphatic rings. The number of piperidine rings is 1. The molecule has 1 fully saturated rings. The number of hydrogen-bond acceptors (Lipinski definition) is 4. The number of nitrogens with one attached hydrogen (secondary N) is 1. The molecule has 0 unspecified atom stereocenters. The van der Waals surface area contributed by atoms with Crippen molar-refractivity contribution >= 4 is 17.3 Å². The van der Waals surface area contributed by atoms with Gasteiger partial charge in [0.2, 0.25) is 5.91 Å². The average molecular weight is 323 g/mol. The first-order valence-electron chi connectivity index (χ1n) is 7.85. The Labute approximate surface area is 134 Å². The van der Waals surface area contributed by atoms with Crippen LogP contribution >= 0.6 is 0 Å². The minimum Gasteiger partial charge on any atom is -0.377 e. The fraction of sp³-hybridized carbons (Fsp3) is 0.562. The zero-order valence-electron chi connectivity index (χ0n) is 13.4. The van der Waals surface area contributed by atoms with Crippen molar-refractivity contribution in [1.29, 1.82) is 0 Å². The zero-order valence-corrected chi connectivity index (χ0v) is 13.4. The lowest BCUT2D eigenvalue weighted by atomic mass is 10.0. The predicted molar refractivity (Wildman–Crippen MR) is 85.7 cm³/mol. The first kappa shape index (κ1) is 17.2. The van der Waals surface area contributed by atoms with Crippen LogP contribution in [0.15, 0.2) is 18.2 Å². The molecule has 7 heteroatoms. The van der Waals surface area contributed by atoms with Crippen molar-refractivity contribution in [3.05, 3.63) is 34.1 Å². The molecule has 1 heterocycles. The smallest absolute Gasteiger partial charge is 0.292 e. The molecule has 0 spiro atoms. The van der Waals surface area contributed by atoms with Crippen LogP contribution in [0.3, 0.4) is 0 Å². The maximum Gasteiger partial charge on any atom is 0.292 e. The Hall–Kier alpha value is -2.18. The molecule has 1 amide bonds. The minimum absolute atomic E-state index is 0.00130. The molecule has 1 aromatic carbocycles. The van der Waals surface area contributed by atoms with E-state index in [-0.39, 0.29) is 23.3 Å². The van der Waals surface area contributed by atoms with E-state index in [0.717, 1.165) is 12.1 Å². The van der Waals surface area contributed by atoms with Crippen LogP contribution in [-0.4, -0.2) is 34.9 Å². The molecule has 23 heavy (non-hydrogen) atoms. The van der Waals surface area contributed by atoms with Gasteiger partial charge in [0.05, 0.1) is 4.92 Å². The third-order valence-corrected chi connectivity index (χ3v) is 3.95. The highest BCUT2D eigenvalue weighted by Gasteiger charge is 2.25. The van der Waals surface area contributed by atoms with Crippen LogP contribution in [0.5, 0.6) is 0 Å². The summed E-state index contributed by atoms with van der Waals surface area (Å²) < 4.78 is 13.3. The van der Waals surface area contributed by atoms with Gasteiger partial charge in [0.15, 0.2) is 0 Å². The lowest BCUT2D eigenvalue weighted by Gasteiger charge is -2.33. The van der Waals surface area contributed by atoms with Crippen molar-refractivity contribution in [3.8, 4) is 0 Å². The van der Waals surface area contributed by atoms with Gasteiger partial charge in [-0.1, -0.05) is 13.8 Å². The summed E-state index contributed by atoms with van der Waals surface area (Å²) in [5.41, 5.74) is 0.0617. The normalized spacial score (nSPS) is 15.7. The molecule has 126 valence electrons. The molecule has 0 radical (unpaired) electrons. The lowest BCUT2D eigenvalue weighted by Crippen LogP contribution is -2.42. The SMILES string of the molecule is CC(C)CC(=O)N1CCC(Nc2cc(F)ccc2[N+](=O)[O-])CC1. The predicted octanol–water partition coefficient (Wildman–Crippen LogP) is 3.18. The van der Waals surface area contributed by atoms with Gasteiger partial charge in [-0.2, -0.15) is 0 Å². The summed E-state index contributed by atoms with van der Waals surface area (Å²) in [6, 6.07) is 3.39. The Morgan fingerprint density at radius 3 is 2.65 bits per heavy atom. The van der Waals surface area contributed by atoms with Gasteiger partial charge in [-0.3, -0.25) is 14.9 Å². The molecule has 0 aromatic heterocycles. The van der Waals surface area contributed by atoms with Gasteiger partial charge in [0, 0.05) is 37.7 Å². The number of halogens is 1. The van der Waals surface area contributed by atoms with Crippen molar-refractivity contribution in [2.45, 2.75) is 39.2 Å². The summed E-state index contributed by atoms with van der Waals surface area (Å²) >= 11 is 0. The van der Waals surface area contributed by atoms with Crippen LogP contribution in [0.2, 0.25) is 0 Å². The largest absolute Gasteiger partial charge is 0.377 e. The van der Waals surface area contributed by atoms with E-state index in [1.54, 1.807) is 0 Å². The van der Waals surface area contributed by atoms with E-state index in [0.29, 0.717) is 38.3 Å². The van der Waals surface area contributed by atoms with E-state index in [2.05, 4.69) is 5.32 Å².